The van der Waals surface area contributed by atoms with Gasteiger partial charge in [0, 0.05) is 28.2 Å². The summed E-state index contributed by atoms with van der Waals surface area (Å²) in [7, 11) is 1.78. The molecule has 1 aromatic carbocycles. The number of aromatic nitrogens is 2. The SMILES string of the molecule is Cc1cc(C)n(C(=O)N(C)c2csc3ccccc23)n1. The van der Waals surface area contributed by atoms with Gasteiger partial charge in [-0.25, -0.2) is 4.79 Å². The monoisotopic (exact) mass is 285 g/mol. The summed E-state index contributed by atoms with van der Waals surface area (Å²) in [6.07, 6.45) is 0. The van der Waals surface area contributed by atoms with Crippen molar-refractivity contribution in [2.75, 3.05) is 11.9 Å². The van der Waals surface area contributed by atoms with Crippen LogP contribution in [0.25, 0.3) is 10.1 Å². The summed E-state index contributed by atoms with van der Waals surface area (Å²) in [6, 6.07) is 9.85. The van der Waals surface area contributed by atoms with Crippen LogP contribution in [0.3, 0.4) is 0 Å². The van der Waals surface area contributed by atoms with Crippen molar-refractivity contribution in [3.05, 3.63) is 47.1 Å². The fraction of sp³-hybridized carbons (Fsp3) is 0.200. The number of carbonyl (C=O) groups is 1. The van der Waals surface area contributed by atoms with E-state index in [-0.39, 0.29) is 6.03 Å². The third-order valence-electron chi connectivity index (χ3n) is 3.30. The quantitative estimate of drug-likeness (QED) is 0.681. The van der Waals surface area contributed by atoms with Gasteiger partial charge in [-0.15, -0.1) is 11.3 Å². The highest BCUT2D eigenvalue weighted by Gasteiger charge is 2.18. The Labute approximate surface area is 121 Å². The van der Waals surface area contributed by atoms with E-state index in [4.69, 9.17) is 0 Å². The highest BCUT2D eigenvalue weighted by Crippen LogP contribution is 2.32. The van der Waals surface area contributed by atoms with Gasteiger partial charge in [0.15, 0.2) is 0 Å². The standard InChI is InChI=1S/C15H15N3OS/c1-10-8-11(2)18(16-10)15(19)17(3)13-9-20-14-7-5-4-6-12(13)14/h4-9H,1-3H3. The minimum Gasteiger partial charge on any atom is -0.294 e. The number of fused-ring (bicyclic) bond motifs is 1. The van der Waals surface area contributed by atoms with Gasteiger partial charge >= 0.3 is 6.03 Å². The second-order valence-electron chi connectivity index (χ2n) is 4.80. The van der Waals surface area contributed by atoms with Crippen molar-refractivity contribution in [3.8, 4) is 0 Å². The molecule has 3 rings (SSSR count). The Hall–Kier alpha value is -2.14. The molecule has 5 heteroatoms. The van der Waals surface area contributed by atoms with Gasteiger partial charge in [-0.2, -0.15) is 9.78 Å². The van der Waals surface area contributed by atoms with Gasteiger partial charge in [-0.1, -0.05) is 18.2 Å². The first kappa shape index (κ1) is 12.9. The van der Waals surface area contributed by atoms with Crippen molar-refractivity contribution >= 4 is 33.1 Å². The molecule has 0 fully saturated rings. The number of anilines is 1. The average Bonchev–Trinajstić information content (AvgIpc) is 3.00. The first-order valence-corrected chi connectivity index (χ1v) is 7.23. The lowest BCUT2D eigenvalue weighted by Gasteiger charge is -2.16. The van der Waals surface area contributed by atoms with Gasteiger partial charge in [-0.05, 0) is 26.0 Å². The number of benzene rings is 1. The van der Waals surface area contributed by atoms with E-state index in [1.807, 2.05) is 43.5 Å². The zero-order valence-electron chi connectivity index (χ0n) is 11.6. The van der Waals surface area contributed by atoms with Crippen LogP contribution in [0.1, 0.15) is 11.4 Å². The molecule has 0 atom stereocenters. The Kier molecular flexibility index (Phi) is 3.06. The predicted molar refractivity (Wildman–Crippen MR) is 82.7 cm³/mol. The first-order valence-electron chi connectivity index (χ1n) is 6.35. The number of aryl methyl sites for hydroxylation is 2. The molecule has 0 saturated heterocycles. The van der Waals surface area contributed by atoms with E-state index in [1.54, 1.807) is 23.3 Å². The van der Waals surface area contributed by atoms with Gasteiger partial charge in [0.25, 0.3) is 0 Å². The van der Waals surface area contributed by atoms with Gasteiger partial charge in [0.2, 0.25) is 0 Å². The van der Waals surface area contributed by atoms with Crippen LogP contribution in [-0.2, 0) is 0 Å². The molecular formula is C15H15N3OS. The largest absolute Gasteiger partial charge is 0.349 e. The molecule has 0 aliphatic rings. The molecule has 2 heterocycles. The lowest BCUT2D eigenvalue weighted by molar-refractivity contribution is 0.245. The van der Waals surface area contributed by atoms with Crippen molar-refractivity contribution in [1.82, 2.24) is 9.78 Å². The van der Waals surface area contributed by atoms with Crippen molar-refractivity contribution in [2.24, 2.45) is 0 Å². The molecule has 0 radical (unpaired) electrons. The molecule has 3 aromatic rings. The normalized spacial score (nSPS) is 10.9. The van der Waals surface area contributed by atoms with Crippen LogP contribution < -0.4 is 4.90 Å². The summed E-state index contributed by atoms with van der Waals surface area (Å²) in [5, 5.41) is 7.35. The summed E-state index contributed by atoms with van der Waals surface area (Å²) in [5.41, 5.74) is 2.61. The highest BCUT2D eigenvalue weighted by atomic mass is 32.1. The minimum absolute atomic E-state index is 0.140. The minimum atomic E-state index is -0.140. The molecule has 102 valence electrons. The Balaban J connectivity index is 2.02. The molecule has 2 aromatic heterocycles. The predicted octanol–water partition coefficient (Wildman–Crippen LogP) is 3.82. The second kappa shape index (κ2) is 4.76. The van der Waals surface area contributed by atoms with Crippen molar-refractivity contribution in [1.29, 1.82) is 0 Å². The Morgan fingerprint density at radius 2 is 2.05 bits per heavy atom. The zero-order chi connectivity index (χ0) is 14.3. The number of amides is 1. The number of carbonyl (C=O) groups excluding carboxylic acids is 1. The van der Waals surface area contributed by atoms with Crippen LogP contribution in [0.5, 0.6) is 0 Å². The summed E-state index contributed by atoms with van der Waals surface area (Å²) in [5.74, 6) is 0. The molecule has 0 bridgehead atoms. The number of rotatable bonds is 1. The fourth-order valence-electron chi connectivity index (χ4n) is 2.29. The van der Waals surface area contributed by atoms with Crippen LogP contribution in [0.2, 0.25) is 0 Å². The molecule has 4 nitrogen and oxygen atoms in total. The van der Waals surface area contributed by atoms with Gasteiger partial charge in [0.05, 0.1) is 11.4 Å². The van der Waals surface area contributed by atoms with E-state index in [2.05, 4.69) is 11.2 Å². The van der Waals surface area contributed by atoms with Crippen LogP contribution in [0.15, 0.2) is 35.7 Å². The third-order valence-corrected chi connectivity index (χ3v) is 4.25. The van der Waals surface area contributed by atoms with E-state index >= 15 is 0 Å². The summed E-state index contributed by atoms with van der Waals surface area (Å²) in [4.78, 5) is 14.2. The molecule has 20 heavy (non-hydrogen) atoms. The Bertz CT molecular complexity index is 787. The molecule has 0 unspecified atom stereocenters. The lowest BCUT2D eigenvalue weighted by atomic mass is 10.2. The highest BCUT2D eigenvalue weighted by molar-refractivity contribution is 7.17. The molecule has 0 spiro atoms. The topological polar surface area (TPSA) is 38.1 Å². The van der Waals surface area contributed by atoms with Crippen LogP contribution in [0.4, 0.5) is 10.5 Å². The maximum Gasteiger partial charge on any atom is 0.349 e. The van der Waals surface area contributed by atoms with E-state index in [0.29, 0.717) is 0 Å². The van der Waals surface area contributed by atoms with Gasteiger partial charge in [0.1, 0.15) is 0 Å². The van der Waals surface area contributed by atoms with E-state index in [0.717, 1.165) is 22.5 Å². The number of nitrogens with zero attached hydrogens (tertiary/aromatic N) is 3. The van der Waals surface area contributed by atoms with E-state index in [1.165, 1.54) is 9.38 Å². The zero-order valence-corrected chi connectivity index (χ0v) is 12.4. The smallest absolute Gasteiger partial charge is 0.294 e. The van der Waals surface area contributed by atoms with Crippen LogP contribution in [0, 0.1) is 13.8 Å². The van der Waals surface area contributed by atoms with Crippen LogP contribution >= 0.6 is 11.3 Å². The van der Waals surface area contributed by atoms with Crippen molar-refractivity contribution in [3.63, 3.8) is 0 Å². The van der Waals surface area contributed by atoms with Gasteiger partial charge in [-0.3, -0.25) is 4.90 Å². The maximum absolute atomic E-state index is 12.6. The summed E-state index contributed by atoms with van der Waals surface area (Å²) in [6.45, 7) is 3.77. The molecule has 0 aliphatic carbocycles. The van der Waals surface area contributed by atoms with E-state index in [9.17, 15) is 4.79 Å². The lowest BCUT2D eigenvalue weighted by Crippen LogP contribution is -2.32. The van der Waals surface area contributed by atoms with Crippen LogP contribution in [-0.4, -0.2) is 22.9 Å². The Morgan fingerprint density at radius 3 is 2.75 bits per heavy atom. The summed E-state index contributed by atoms with van der Waals surface area (Å²) >= 11 is 1.64. The third kappa shape index (κ3) is 2.00. The molecule has 0 aliphatic heterocycles. The fourth-order valence-corrected chi connectivity index (χ4v) is 3.27. The molecular weight excluding hydrogens is 270 g/mol. The second-order valence-corrected chi connectivity index (χ2v) is 5.71. The number of hydrogen-bond donors (Lipinski definition) is 0. The average molecular weight is 285 g/mol. The van der Waals surface area contributed by atoms with Crippen molar-refractivity contribution in [2.45, 2.75) is 13.8 Å². The maximum atomic E-state index is 12.6. The first-order chi connectivity index (χ1) is 9.58. The van der Waals surface area contributed by atoms with Gasteiger partial charge < -0.3 is 0 Å². The van der Waals surface area contributed by atoms with E-state index < -0.39 is 0 Å². The molecule has 0 N–H and O–H groups in total. The molecule has 1 amide bonds. The van der Waals surface area contributed by atoms with Crippen molar-refractivity contribution < 1.29 is 4.79 Å². The Morgan fingerprint density at radius 1 is 1.30 bits per heavy atom. The molecule has 0 saturated carbocycles. The number of thiophene rings is 1. The number of hydrogen-bond acceptors (Lipinski definition) is 3. The summed E-state index contributed by atoms with van der Waals surface area (Å²) < 4.78 is 2.62.